The third-order valence-corrected chi connectivity index (χ3v) is 2.69. The number of nitrogens with one attached hydrogen (secondary N) is 1. The lowest BCUT2D eigenvalue weighted by atomic mass is 10.1. The van der Waals surface area contributed by atoms with Crippen molar-refractivity contribution >= 4 is 0 Å². The van der Waals surface area contributed by atoms with E-state index < -0.39 is 12.8 Å². The van der Waals surface area contributed by atoms with Crippen LogP contribution in [0.3, 0.4) is 0 Å². The molecular weight excluding hydrogens is 257 g/mol. The summed E-state index contributed by atoms with van der Waals surface area (Å²) in [6.07, 6.45) is -1.28. The minimum Gasteiger partial charge on any atom is -0.372 e. The summed E-state index contributed by atoms with van der Waals surface area (Å²) >= 11 is 0. The number of hydrogen-bond acceptors (Lipinski definition) is 3. The number of alkyl halides is 3. The molecule has 1 unspecified atom stereocenters. The van der Waals surface area contributed by atoms with Crippen molar-refractivity contribution < 1.29 is 17.9 Å². The maximum absolute atomic E-state index is 11.9. The molecule has 1 atom stereocenters. The lowest BCUT2D eigenvalue weighted by Gasteiger charge is -2.16. The van der Waals surface area contributed by atoms with Gasteiger partial charge in [0.1, 0.15) is 6.61 Å². The number of rotatable bonds is 7. The average Bonchev–Trinajstić information content (AvgIpc) is 2.32. The highest BCUT2D eigenvalue weighted by molar-refractivity contribution is 5.17. The third kappa shape index (κ3) is 6.54. The predicted octanol–water partition coefficient (Wildman–Crippen LogP) is 3.01. The summed E-state index contributed by atoms with van der Waals surface area (Å²) in [6.45, 7) is 0.897. The summed E-state index contributed by atoms with van der Waals surface area (Å²) in [5.41, 5.74) is 2.01. The lowest BCUT2D eigenvalue weighted by Crippen LogP contribution is -2.20. The van der Waals surface area contributed by atoms with Crippen molar-refractivity contribution in [2.45, 2.75) is 32.0 Å². The van der Waals surface area contributed by atoms with Crippen molar-refractivity contribution in [2.24, 2.45) is 0 Å². The number of pyridine rings is 1. The van der Waals surface area contributed by atoms with Gasteiger partial charge in [0.2, 0.25) is 0 Å². The van der Waals surface area contributed by atoms with E-state index in [1.54, 1.807) is 6.20 Å². The first-order valence-electron chi connectivity index (χ1n) is 6.16. The molecule has 1 heterocycles. The third-order valence-electron chi connectivity index (χ3n) is 2.69. The van der Waals surface area contributed by atoms with E-state index in [2.05, 4.69) is 15.0 Å². The molecule has 1 rings (SSSR count). The second-order valence-electron chi connectivity index (χ2n) is 4.41. The molecule has 0 saturated heterocycles. The molecule has 0 bridgehead atoms. The van der Waals surface area contributed by atoms with E-state index in [1.165, 1.54) is 0 Å². The van der Waals surface area contributed by atoms with Gasteiger partial charge in [-0.15, -0.1) is 0 Å². The van der Waals surface area contributed by atoms with Crippen LogP contribution in [0, 0.1) is 6.92 Å². The van der Waals surface area contributed by atoms with E-state index >= 15 is 0 Å². The van der Waals surface area contributed by atoms with Crippen molar-refractivity contribution in [3.63, 3.8) is 0 Å². The van der Waals surface area contributed by atoms with Gasteiger partial charge in [-0.1, -0.05) is 0 Å². The van der Waals surface area contributed by atoms with Gasteiger partial charge in [-0.05, 0) is 44.5 Å². The highest BCUT2D eigenvalue weighted by Crippen LogP contribution is 2.18. The fourth-order valence-electron chi connectivity index (χ4n) is 1.77. The van der Waals surface area contributed by atoms with E-state index in [-0.39, 0.29) is 12.6 Å². The number of ether oxygens (including phenoxy) is 1. The first kappa shape index (κ1) is 15.9. The Morgan fingerprint density at radius 2 is 2.16 bits per heavy atom. The minimum absolute atomic E-state index is 0.0365. The lowest BCUT2D eigenvalue weighted by molar-refractivity contribution is -0.174. The standard InChI is InChI=1S/C13H19F3N2O/c1-10-5-6-18-12(8-10)11(17-2)4-3-7-19-9-13(14,15)16/h5-6,8,11,17H,3-4,7,9H2,1-2H3. The van der Waals surface area contributed by atoms with Crippen LogP contribution >= 0.6 is 0 Å². The summed E-state index contributed by atoms with van der Waals surface area (Å²) < 4.78 is 40.2. The monoisotopic (exact) mass is 276 g/mol. The van der Waals surface area contributed by atoms with Crippen molar-refractivity contribution in [3.8, 4) is 0 Å². The van der Waals surface area contributed by atoms with Crippen LogP contribution in [0.15, 0.2) is 18.3 Å². The summed E-state index contributed by atoms with van der Waals surface area (Å²) in [4.78, 5) is 4.27. The van der Waals surface area contributed by atoms with Crippen LogP contribution in [0.1, 0.15) is 30.1 Å². The summed E-state index contributed by atoms with van der Waals surface area (Å²) in [7, 11) is 1.81. The van der Waals surface area contributed by atoms with Crippen LogP contribution in [0.2, 0.25) is 0 Å². The Hall–Kier alpha value is -1.14. The Morgan fingerprint density at radius 1 is 1.42 bits per heavy atom. The summed E-state index contributed by atoms with van der Waals surface area (Å²) in [5.74, 6) is 0. The van der Waals surface area contributed by atoms with Crippen LogP contribution < -0.4 is 5.32 Å². The predicted molar refractivity (Wildman–Crippen MR) is 66.9 cm³/mol. The Kier molecular flexibility index (Phi) is 6.24. The first-order valence-corrected chi connectivity index (χ1v) is 6.16. The maximum Gasteiger partial charge on any atom is 0.411 e. The molecule has 0 aliphatic carbocycles. The Labute approximate surface area is 111 Å². The molecule has 19 heavy (non-hydrogen) atoms. The highest BCUT2D eigenvalue weighted by atomic mass is 19.4. The number of hydrogen-bond donors (Lipinski definition) is 1. The molecule has 6 heteroatoms. The molecule has 0 aliphatic heterocycles. The molecule has 1 aromatic rings. The molecule has 108 valence electrons. The van der Waals surface area contributed by atoms with Crippen molar-refractivity contribution in [1.82, 2.24) is 10.3 Å². The molecule has 1 N–H and O–H groups in total. The van der Waals surface area contributed by atoms with Gasteiger partial charge in [0, 0.05) is 18.8 Å². The van der Waals surface area contributed by atoms with E-state index in [0.717, 1.165) is 11.3 Å². The Morgan fingerprint density at radius 3 is 2.74 bits per heavy atom. The zero-order valence-electron chi connectivity index (χ0n) is 11.1. The van der Waals surface area contributed by atoms with Crippen molar-refractivity contribution in [2.75, 3.05) is 20.3 Å². The van der Waals surface area contributed by atoms with E-state index in [0.29, 0.717) is 12.8 Å². The molecule has 0 spiro atoms. The van der Waals surface area contributed by atoms with Crippen LogP contribution in [0.25, 0.3) is 0 Å². The van der Waals surface area contributed by atoms with Gasteiger partial charge >= 0.3 is 6.18 Å². The molecule has 1 aromatic heterocycles. The maximum atomic E-state index is 11.9. The van der Waals surface area contributed by atoms with Crippen molar-refractivity contribution in [3.05, 3.63) is 29.6 Å². The highest BCUT2D eigenvalue weighted by Gasteiger charge is 2.27. The number of nitrogens with zero attached hydrogens (tertiary/aromatic N) is 1. The number of aryl methyl sites for hydroxylation is 1. The van der Waals surface area contributed by atoms with Crippen molar-refractivity contribution in [1.29, 1.82) is 0 Å². The van der Waals surface area contributed by atoms with E-state index in [4.69, 9.17) is 0 Å². The number of aromatic nitrogens is 1. The molecular formula is C13H19F3N2O. The molecule has 0 aliphatic rings. The van der Waals surface area contributed by atoms with E-state index in [1.807, 2.05) is 26.1 Å². The fourth-order valence-corrected chi connectivity index (χ4v) is 1.77. The van der Waals surface area contributed by atoms with Gasteiger partial charge in [0.25, 0.3) is 0 Å². The molecule has 3 nitrogen and oxygen atoms in total. The molecule has 0 fully saturated rings. The van der Waals surface area contributed by atoms with E-state index in [9.17, 15) is 13.2 Å². The van der Waals surface area contributed by atoms with Gasteiger partial charge in [0.15, 0.2) is 0 Å². The van der Waals surface area contributed by atoms with Gasteiger partial charge in [-0.2, -0.15) is 13.2 Å². The second-order valence-corrected chi connectivity index (χ2v) is 4.41. The molecule has 0 aromatic carbocycles. The van der Waals surface area contributed by atoms with Crippen LogP contribution in [-0.2, 0) is 4.74 Å². The van der Waals surface area contributed by atoms with Gasteiger partial charge < -0.3 is 10.1 Å². The minimum atomic E-state index is -4.25. The molecule has 0 amide bonds. The average molecular weight is 276 g/mol. The first-order chi connectivity index (χ1) is 8.92. The quantitative estimate of drug-likeness (QED) is 0.777. The zero-order chi connectivity index (χ0) is 14.3. The smallest absolute Gasteiger partial charge is 0.372 e. The molecule has 0 saturated carbocycles. The number of halogens is 3. The van der Waals surface area contributed by atoms with Gasteiger partial charge in [-0.3, -0.25) is 4.98 Å². The van der Waals surface area contributed by atoms with Gasteiger partial charge in [-0.25, -0.2) is 0 Å². The molecule has 0 radical (unpaired) electrons. The van der Waals surface area contributed by atoms with Gasteiger partial charge in [0.05, 0.1) is 5.69 Å². The normalized spacial score (nSPS) is 13.5. The van der Waals surface area contributed by atoms with Crippen LogP contribution in [-0.4, -0.2) is 31.4 Å². The van der Waals surface area contributed by atoms with Crippen LogP contribution in [0.5, 0.6) is 0 Å². The largest absolute Gasteiger partial charge is 0.411 e. The fraction of sp³-hybridized carbons (Fsp3) is 0.615. The second kappa shape index (κ2) is 7.45. The topological polar surface area (TPSA) is 34.1 Å². The Bertz CT molecular complexity index is 382. The van der Waals surface area contributed by atoms with Crippen LogP contribution in [0.4, 0.5) is 13.2 Å². The Balaban J connectivity index is 2.34. The summed E-state index contributed by atoms with van der Waals surface area (Å²) in [5, 5.41) is 3.11. The SMILES string of the molecule is CNC(CCCOCC(F)(F)F)c1cc(C)ccn1. The summed E-state index contributed by atoms with van der Waals surface area (Å²) in [6, 6.07) is 3.91. The zero-order valence-corrected chi connectivity index (χ0v) is 11.1.